The lowest BCUT2D eigenvalue weighted by Crippen LogP contribution is -2.12. The zero-order valence-corrected chi connectivity index (χ0v) is 14.6. The van der Waals surface area contributed by atoms with E-state index in [-0.39, 0.29) is 11.6 Å². The van der Waals surface area contributed by atoms with Crippen molar-refractivity contribution in [2.75, 3.05) is 5.32 Å². The number of benzene rings is 2. The highest BCUT2D eigenvalue weighted by Gasteiger charge is 2.14. The minimum absolute atomic E-state index is 0.0193. The van der Waals surface area contributed by atoms with Crippen molar-refractivity contribution in [2.24, 2.45) is 0 Å². The Balaban J connectivity index is 1.71. The Morgan fingerprint density at radius 3 is 2.77 bits per heavy atom. The molecule has 3 rings (SSSR count). The molecule has 1 N–H and O–H groups in total. The van der Waals surface area contributed by atoms with E-state index >= 15 is 0 Å². The smallest absolute Gasteiger partial charge is 0.272 e. The lowest BCUT2D eigenvalue weighted by atomic mass is 10.1. The van der Waals surface area contributed by atoms with Crippen LogP contribution in [0.2, 0.25) is 5.02 Å². The van der Waals surface area contributed by atoms with Gasteiger partial charge in [-0.25, -0.2) is 0 Å². The van der Waals surface area contributed by atoms with Crippen molar-refractivity contribution in [3.05, 3.63) is 86.7 Å². The summed E-state index contributed by atoms with van der Waals surface area (Å²) in [5.41, 5.74) is 2.19. The Bertz CT molecular complexity index is 984. The number of rotatable bonds is 5. The van der Waals surface area contributed by atoms with Gasteiger partial charge < -0.3 is 5.32 Å². The van der Waals surface area contributed by atoms with Gasteiger partial charge in [0, 0.05) is 28.4 Å². The molecule has 0 bridgehead atoms. The van der Waals surface area contributed by atoms with E-state index in [4.69, 9.17) is 11.6 Å². The number of hydrogen-bond acceptors (Lipinski definition) is 4. The van der Waals surface area contributed by atoms with Crippen LogP contribution in [0.5, 0.6) is 0 Å². The van der Waals surface area contributed by atoms with Gasteiger partial charge in [-0.1, -0.05) is 29.8 Å². The molecule has 0 aliphatic rings. The van der Waals surface area contributed by atoms with E-state index in [0.29, 0.717) is 28.4 Å². The van der Waals surface area contributed by atoms with Gasteiger partial charge in [0.15, 0.2) is 0 Å². The summed E-state index contributed by atoms with van der Waals surface area (Å²) in [5, 5.41) is 18.4. The monoisotopic (exact) mass is 370 g/mol. The summed E-state index contributed by atoms with van der Waals surface area (Å²) in [5.74, 6) is -0.361. The Kier molecular flexibility index (Phi) is 4.99. The molecule has 2 aromatic carbocycles. The molecule has 1 aromatic heterocycles. The Morgan fingerprint density at radius 2 is 2.08 bits per heavy atom. The van der Waals surface area contributed by atoms with Crippen molar-refractivity contribution in [2.45, 2.75) is 13.5 Å². The Hall–Kier alpha value is -3.19. The first-order chi connectivity index (χ1) is 12.4. The van der Waals surface area contributed by atoms with E-state index in [1.807, 2.05) is 18.2 Å². The largest absolute Gasteiger partial charge is 0.319 e. The predicted molar refractivity (Wildman–Crippen MR) is 98.6 cm³/mol. The summed E-state index contributed by atoms with van der Waals surface area (Å²) >= 11 is 6.14. The third-order valence-electron chi connectivity index (χ3n) is 3.84. The summed E-state index contributed by atoms with van der Waals surface area (Å²) in [7, 11) is 0. The van der Waals surface area contributed by atoms with Crippen molar-refractivity contribution >= 4 is 28.9 Å². The number of amides is 1. The number of aromatic nitrogens is 2. The van der Waals surface area contributed by atoms with Gasteiger partial charge in [0.05, 0.1) is 23.4 Å². The summed E-state index contributed by atoms with van der Waals surface area (Å²) < 4.78 is 1.66. The number of anilines is 1. The fourth-order valence-corrected chi connectivity index (χ4v) is 2.72. The Labute approximate surface area is 154 Å². The number of nitro benzene ring substituents is 1. The second-order valence-electron chi connectivity index (χ2n) is 5.73. The van der Waals surface area contributed by atoms with Crippen LogP contribution < -0.4 is 5.32 Å². The van der Waals surface area contributed by atoms with Crippen molar-refractivity contribution in [3.63, 3.8) is 0 Å². The molecular formula is C18H15ClN4O3. The summed E-state index contributed by atoms with van der Waals surface area (Å²) in [6.07, 6.45) is 3.23. The molecule has 7 nitrogen and oxygen atoms in total. The maximum atomic E-state index is 12.3. The van der Waals surface area contributed by atoms with Gasteiger partial charge >= 0.3 is 0 Å². The average Bonchev–Trinajstić information content (AvgIpc) is 3.03. The summed E-state index contributed by atoms with van der Waals surface area (Å²) in [6, 6.07) is 11.7. The van der Waals surface area contributed by atoms with Gasteiger partial charge in [-0.3, -0.25) is 19.6 Å². The minimum atomic E-state index is -0.476. The van der Waals surface area contributed by atoms with Gasteiger partial charge in [0.2, 0.25) is 0 Å². The van der Waals surface area contributed by atoms with Crippen LogP contribution in [0.15, 0.2) is 54.9 Å². The maximum Gasteiger partial charge on any atom is 0.272 e. The SMILES string of the molecule is Cc1cc(C(=O)Nc2cnn(Cc3ccccc3Cl)c2)ccc1[N+](=O)[O-]. The Morgan fingerprint density at radius 1 is 1.31 bits per heavy atom. The third kappa shape index (κ3) is 3.89. The fraction of sp³-hybridized carbons (Fsp3) is 0.111. The number of halogens is 1. The first-order valence-corrected chi connectivity index (χ1v) is 8.14. The van der Waals surface area contributed by atoms with Gasteiger partial charge in [-0.2, -0.15) is 5.10 Å². The third-order valence-corrected chi connectivity index (χ3v) is 4.21. The molecule has 3 aromatic rings. The molecule has 8 heteroatoms. The van der Waals surface area contributed by atoms with Gasteiger partial charge in [-0.05, 0) is 30.7 Å². The number of nitro groups is 1. The molecule has 0 aliphatic carbocycles. The molecule has 0 spiro atoms. The molecule has 0 aliphatic heterocycles. The van der Waals surface area contributed by atoms with Crippen LogP contribution >= 0.6 is 11.6 Å². The maximum absolute atomic E-state index is 12.3. The minimum Gasteiger partial charge on any atom is -0.319 e. The lowest BCUT2D eigenvalue weighted by Gasteiger charge is -2.05. The number of nitrogens with one attached hydrogen (secondary N) is 1. The van der Waals surface area contributed by atoms with E-state index in [9.17, 15) is 14.9 Å². The highest BCUT2D eigenvalue weighted by molar-refractivity contribution is 6.31. The van der Waals surface area contributed by atoms with E-state index in [0.717, 1.165) is 5.56 Å². The second-order valence-corrected chi connectivity index (χ2v) is 6.14. The van der Waals surface area contributed by atoms with Gasteiger partial charge in [0.1, 0.15) is 0 Å². The molecule has 1 amide bonds. The molecule has 132 valence electrons. The van der Waals surface area contributed by atoms with E-state index in [1.54, 1.807) is 23.9 Å². The van der Waals surface area contributed by atoms with Crippen molar-refractivity contribution in [1.82, 2.24) is 9.78 Å². The molecule has 0 fully saturated rings. The zero-order valence-electron chi connectivity index (χ0n) is 13.8. The molecule has 0 saturated heterocycles. The summed E-state index contributed by atoms with van der Waals surface area (Å²) in [6.45, 7) is 2.07. The van der Waals surface area contributed by atoms with Gasteiger partial charge in [-0.15, -0.1) is 0 Å². The molecule has 26 heavy (non-hydrogen) atoms. The van der Waals surface area contributed by atoms with Crippen LogP contribution in [0.1, 0.15) is 21.5 Å². The van der Waals surface area contributed by atoms with Crippen LogP contribution in [0, 0.1) is 17.0 Å². The average molecular weight is 371 g/mol. The fourth-order valence-electron chi connectivity index (χ4n) is 2.52. The van der Waals surface area contributed by atoms with Crippen molar-refractivity contribution < 1.29 is 9.72 Å². The highest BCUT2D eigenvalue weighted by atomic mass is 35.5. The molecule has 0 atom stereocenters. The van der Waals surface area contributed by atoms with Crippen LogP contribution in [-0.4, -0.2) is 20.6 Å². The molecular weight excluding hydrogens is 356 g/mol. The molecule has 0 radical (unpaired) electrons. The lowest BCUT2D eigenvalue weighted by molar-refractivity contribution is -0.385. The highest BCUT2D eigenvalue weighted by Crippen LogP contribution is 2.20. The van der Waals surface area contributed by atoms with E-state index < -0.39 is 4.92 Å². The zero-order chi connectivity index (χ0) is 18.7. The van der Waals surface area contributed by atoms with Gasteiger partial charge in [0.25, 0.3) is 11.6 Å². The van der Waals surface area contributed by atoms with Crippen molar-refractivity contribution in [3.8, 4) is 0 Å². The first-order valence-electron chi connectivity index (χ1n) is 7.76. The second kappa shape index (κ2) is 7.37. The van der Waals surface area contributed by atoms with Crippen molar-refractivity contribution in [1.29, 1.82) is 0 Å². The number of nitrogens with zero attached hydrogens (tertiary/aromatic N) is 3. The molecule has 1 heterocycles. The van der Waals surface area contributed by atoms with E-state index in [2.05, 4.69) is 10.4 Å². The normalized spacial score (nSPS) is 10.5. The first kappa shape index (κ1) is 17.6. The quantitative estimate of drug-likeness (QED) is 0.541. The molecule has 0 saturated carbocycles. The number of aryl methyl sites for hydroxylation is 1. The van der Waals surface area contributed by atoms with Crippen LogP contribution in [-0.2, 0) is 6.54 Å². The summed E-state index contributed by atoms with van der Waals surface area (Å²) in [4.78, 5) is 22.7. The number of carbonyl (C=O) groups excluding carboxylic acids is 1. The number of hydrogen-bond donors (Lipinski definition) is 1. The van der Waals surface area contributed by atoms with Crippen LogP contribution in [0.4, 0.5) is 11.4 Å². The van der Waals surface area contributed by atoms with Crippen LogP contribution in [0.25, 0.3) is 0 Å². The topological polar surface area (TPSA) is 90.1 Å². The number of carbonyl (C=O) groups is 1. The van der Waals surface area contributed by atoms with E-state index in [1.165, 1.54) is 24.4 Å². The standard InChI is InChI=1S/C18H15ClN4O3/c1-12-8-13(6-7-17(12)23(25)26)18(24)21-15-9-20-22(11-15)10-14-4-2-3-5-16(14)19/h2-9,11H,10H2,1H3,(H,21,24). The molecule has 0 unspecified atom stereocenters. The van der Waals surface area contributed by atoms with Crippen LogP contribution in [0.3, 0.4) is 0 Å². The predicted octanol–water partition coefficient (Wildman–Crippen LogP) is 4.05.